The minimum absolute atomic E-state index is 0.636. The zero-order valence-electron chi connectivity index (χ0n) is 11.5. The van der Waals surface area contributed by atoms with E-state index in [-0.39, 0.29) is 0 Å². The molecule has 4 nitrogen and oxygen atoms in total. The number of aromatic nitrogens is 1. The van der Waals surface area contributed by atoms with Gasteiger partial charge in [0.25, 0.3) is 0 Å². The molecule has 0 amide bonds. The first-order chi connectivity index (χ1) is 9.72. The van der Waals surface area contributed by atoms with Crippen LogP contribution in [-0.2, 0) is 13.1 Å². The third-order valence-corrected chi connectivity index (χ3v) is 3.50. The van der Waals surface area contributed by atoms with Crippen LogP contribution in [-0.4, -0.2) is 19.2 Å². The van der Waals surface area contributed by atoms with Crippen LogP contribution in [0.3, 0.4) is 0 Å². The summed E-state index contributed by atoms with van der Waals surface area (Å²) in [5.74, 6) is 1.48. The molecule has 0 spiro atoms. The van der Waals surface area contributed by atoms with Crippen LogP contribution in [0.5, 0.6) is 11.6 Å². The third kappa shape index (κ3) is 3.95. The van der Waals surface area contributed by atoms with Crippen LogP contribution in [0, 0.1) is 0 Å². The van der Waals surface area contributed by atoms with E-state index in [1.165, 1.54) is 5.56 Å². The molecule has 0 fully saturated rings. The van der Waals surface area contributed by atoms with Gasteiger partial charge in [0.1, 0.15) is 5.75 Å². The van der Waals surface area contributed by atoms with Gasteiger partial charge in [-0.2, -0.15) is 0 Å². The number of hydrogen-bond acceptors (Lipinski definition) is 4. The Morgan fingerprint density at radius 3 is 2.45 bits per heavy atom. The average molecular weight is 337 g/mol. The summed E-state index contributed by atoms with van der Waals surface area (Å²) in [7, 11) is 3.28. The summed E-state index contributed by atoms with van der Waals surface area (Å²) in [5, 5.41) is 3.39. The topological polar surface area (TPSA) is 43.4 Å². The smallest absolute Gasteiger partial charge is 0.213 e. The van der Waals surface area contributed by atoms with Crippen LogP contribution < -0.4 is 14.8 Å². The lowest BCUT2D eigenvalue weighted by atomic mass is 10.2. The van der Waals surface area contributed by atoms with Crippen molar-refractivity contribution in [2.75, 3.05) is 14.2 Å². The first-order valence-corrected chi connectivity index (χ1v) is 7.04. The fraction of sp³-hybridized carbons (Fsp3) is 0.267. The fourth-order valence-electron chi connectivity index (χ4n) is 1.84. The van der Waals surface area contributed by atoms with E-state index in [2.05, 4.69) is 32.3 Å². The van der Waals surface area contributed by atoms with Gasteiger partial charge in [-0.05, 0) is 45.3 Å². The maximum Gasteiger partial charge on any atom is 0.213 e. The van der Waals surface area contributed by atoms with Gasteiger partial charge in [0.05, 0.1) is 18.7 Å². The van der Waals surface area contributed by atoms with Gasteiger partial charge in [-0.25, -0.2) is 4.98 Å². The maximum absolute atomic E-state index is 5.21. The second kappa shape index (κ2) is 7.26. The number of rotatable bonds is 6. The van der Waals surface area contributed by atoms with Gasteiger partial charge >= 0.3 is 0 Å². The highest BCUT2D eigenvalue weighted by Crippen LogP contribution is 2.25. The van der Waals surface area contributed by atoms with Crippen molar-refractivity contribution in [2.24, 2.45) is 0 Å². The van der Waals surface area contributed by atoms with Crippen molar-refractivity contribution in [2.45, 2.75) is 13.1 Å². The highest BCUT2D eigenvalue weighted by Gasteiger charge is 2.02. The Labute approximate surface area is 127 Å². The van der Waals surface area contributed by atoms with Crippen LogP contribution in [0.2, 0.25) is 0 Å². The van der Waals surface area contributed by atoms with E-state index in [0.29, 0.717) is 5.88 Å². The molecule has 20 heavy (non-hydrogen) atoms. The molecule has 0 bridgehead atoms. The van der Waals surface area contributed by atoms with Gasteiger partial charge in [-0.3, -0.25) is 0 Å². The molecular formula is C15H17BrN2O2. The maximum atomic E-state index is 5.21. The summed E-state index contributed by atoms with van der Waals surface area (Å²) >= 11 is 3.49. The van der Waals surface area contributed by atoms with Crippen LogP contribution in [0.4, 0.5) is 0 Å². The Bertz CT molecular complexity index is 576. The first kappa shape index (κ1) is 14.8. The summed E-state index contributed by atoms with van der Waals surface area (Å²) in [5.41, 5.74) is 2.34. The zero-order chi connectivity index (χ0) is 14.4. The van der Waals surface area contributed by atoms with Crippen molar-refractivity contribution in [3.8, 4) is 11.6 Å². The van der Waals surface area contributed by atoms with Crippen molar-refractivity contribution in [1.82, 2.24) is 10.3 Å². The molecule has 0 aliphatic rings. The lowest BCUT2D eigenvalue weighted by Crippen LogP contribution is -2.12. The molecular weight excluding hydrogens is 320 g/mol. The van der Waals surface area contributed by atoms with Crippen molar-refractivity contribution in [1.29, 1.82) is 0 Å². The Balaban J connectivity index is 1.90. The standard InChI is InChI=1S/C15H17BrN2O2/c1-19-14-4-3-11(7-13(14)16)9-17-10-12-5-6-18-15(8-12)20-2/h3-8,17H,9-10H2,1-2H3. The second-order valence-corrected chi connectivity index (χ2v) is 5.13. The first-order valence-electron chi connectivity index (χ1n) is 6.25. The number of pyridine rings is 1. The van der Waals surface area contributed by atoms with Gasteiger partial charge in [-0.1, -0.05) is 6.07 Å². The second-order valence-electron chi connectivity index (χ2n) is 4.28. The number of halogens is 1. The van der Waals surface area contributed by atoms with Crippen molar-refractivity contribution >= 4 is 15.9 Å². The van der Waals surface area contributed by atoms with Crippen molar-refractivity contribution in [3.05, 3.63) is 52.1 Å². The van der Waals surface area contributed by atoms with Crippen LogP contribution in [0.1, 0.15) is 11.1 Å². The lowest BCUT2D eigenvalue weighted by Gasteiger charge is -2.08. The number of methoxy groups -OCH3 is 2. The predicted octanol–water partition coefficient (Wildman–Crippen LogP) is 3.15. The lowest BCUT2D eigenvalue weighted by molar-refractivity contribution is 0.397. The number of benzene rings is 1. The molecule has 2 aromatic rings. The molecule has 0 atom stereocenters. The predicted molar refractivity (Wildman–Crippen MR) is 82.0 cm³/mol. The molecule has 5 heteroatoms. The highest BCUT2D eigenvalue weighted by atomic mass is 79.9. The van der Waals surface area contributed by atoms with Gasteiger partial charge < -0.3 is 14.8 Å². The van der Waals surface area contributed by atoms with Crippen molar-refractivity contribution in [3.63, 3.8) is 0 Å². The summed E-state index contributed by atoms with van der Waals surface area (Å²) in [6, 6.07) is 9.95. The minimum atomic E-state index is 0.636. The summed E-state index contributed by atoms with van der Waals surface area (Å²) in [6.45, 7) is 1.55. The monoisotopic (exact) mass is 336 g/mol. The Morgan fingerprint density at radius 2 is 1.80 bits per heavy atom. The minimum Gasteiger partial charge on any atom is -0.496 e. The van der Waals surface area contributed by atoms with Gasteiger partial charge in [0.2, 0.25) is 5.88 Å². The summed E-state index contributed by atoms with van der Waals surface area (Å²) in [6.07, 6.45) is 1.75. The SMILES string of the molecule is COc1cc(CNCc2ccc(OC)c(Br)c2)ccn1. The molecule has 1 N–H and O–H groups in total. The molecule has 1 heterocycles. The number of nitrogens with one attached hydrogen (secondary N) is 1. The summed E-state index contributed by atoms with van der Waals surface area (Å²) < 4.78 is 11.3. The van der Waals surface area contributed by atoms with E-state index in [9.17, 15) is 0 Å². The molecule has 1 aromatic carbocycles. The van der Waals surface area contributed by atoms with Gasteiger partial charge in [0, 0.05) is 25.4 Å². The van der Waals surface area contributed by atoms with Crippen LogP contribution in [0.15, 0.2) is 41.0 Å². The van der Waals surface area contributed by atoms with E-state index in [4.69, 9.17) is 9.47 Å². The Morgan fingerprint density at radius 1 is 1.05 bits per heavy atom. The summed E-state index contributed by atoms with van der Waals surface area (Å²) in [4.78, 5) is 4.08. The quantitative estimate of drug-likeness (QED) is 0.879. The van der Waals surface area contributed by atoms with Crippen molar-refractivity contribution < 1.29 is 9.47 Å². The van der Waals surface area contributed by atoms with E-state index in [0.717, 1.165) is 28.9 Å². The molecule has 0 aliphatic carbocycles. The van der Waals surface area contributed by atoms with E-state index in [1.807, 2.05) is 24.3 Å². The Hall–Kier alpha value is -1.59. The van der Waals surface area contributed by atoms with Gasteiger partial charge in [0.15, 0.2) is 0 Å². The number of nitrogens with zero attached hydrogens (tertiary/aromatic N) is 1. The van der Waals surface area contributed by atoms with Gasteiger partial charge in [-0.15, -0.1) is 0 Å². The number of hydrogen-bond donors (Lipinski definition) is 1. The highest BCUT2D eigenvalue weighted by molar-refractivity contribution is 9.10. The number of ether oxygens (including phenoxy) is 2. The van der Waals surface area contributed by atoms with Crippen LogP contribution >= 0.6 is 15.9 Å². The normalized spacial score (nSPS) is 10.3. The molecule has 106 valence electrons. The zero-order valence-corrected chi connectivity index (χ0v) is 13.1. The molecule has 0 aliphatic heterocycles. The van der Waals surface area contributed by atoms with E-state index >= 15 is 0 Å². The molecule has 0 unspecified atom stereocenters. The molecule has 2 rings (SSSR count). The fourth-order valence-corrected chi connectivity index (χ4v) is 2.43. The van der Waals surface area contributed by atoms with E-state index in [1.54, 1.807) is 20.4 Å². The molecule has 1 aromatic heterocycles. The molecule has 0 radical (unpaired) electrons. The average Bonchev–Trinajstić information content (AvgIpc) is 2.48. The Kier molecular flexibility index (Phi) is 5.38. The van der Waals surface area contributed by atoms with E-state index < -0.39 is 0 Å². The molecule has 0 saturated carbocycles. The van der Waals surface area contributed by atoms with Crippen LogP contribution in [0.25, 0.3) is 0 Å². The largest absolute Gasteiger partial charge is 0.496 e. The third-order valence-electron chi connectivity index (χ3n) is 2.88. The molecule has 0 saturated heterocycles.